The molecule has 2 aliphatic heterocycles. The molecule has 0 spiro atoms. The Morgan fingerprint density at radius 1 is 1.13 bits per heavy atom. The highest BCUT2D eigenvalue weighted by molar-refractivity contribution is 7.09. The lowest BCUT2D eigenvalue weighted by atomic mass is 9.92. The van der Waals surface area contributed by atoms with E-state index in [-0.39, 0.29) is 17.9 Å². The minimum absolute atomic E-state index is 0.0421. The Hall–Kier alpha value is -3.04. The zero-order valence-corrected chi connectivity index (χ0v) is 23.5. The molecule has 2 atom stereocenters. The number of benzene rings is 1. The first-order chi connectivity index (χ1) is 18.4. The number of nitrogens with zero attached hydrogens (tertiary/aromatic N) is 6. The monoisotopic (exact) mass is 534 g/mol. The summed E-state index contributed by atoms with van der Waals surface area (Å²) in [7, 11) is 1.92. The first-order valence-electron chi connectivity index (χ1n) is 13.7. The Bertz CT molecular complexity index is 1260. The van der Waals surface area contributed by atoms with Gasteiger partial charge in [0, 0.05) is 75.6 Å². The predicted octanol–water partition coefficient (Wildman–Crippen LogP) is 4.33. The van der Waals surface area contributed by atoms with Crippen molar-refractivity contribution in [2.75, 3.05) is 18.0 Å². The molecule has 1 saturated heterocycles. The number of piperidine rings is 1. The van der Waals surface area contributed by atoms with E-state index in [2.05, 4.69) is 21.0 Å². The van der Waals surface area contributed by atoms with Crippen LogP contribution in [0.5, 0.6) is 0 Å². The summed E-state index contributed by atoms with van der Waals surface area (Å²) in [6, 6.07) is 8.69. The number of thiazole rings is 1. The first kappa shape index (κ1) is 26.6. The number of amides is 2. The molecule has 38 heavy (non-hydrogen) atoms. The molecule has 2 amide bonds. The molecule has 1 fully saturated rings. The molecule has 0 saturated carbocycles. The molecule has 3 aromatic rings. The summed E-state index contributed by atoms with van der Waals surface area (Å²) < 4.78 is 1.81. The van der Waals surface area contributed by atoms with Crippen LogP contribution in [0.3, 0.4) is 0 Å². The van der Waals surface area contributed by atoms with E-state index in [1.807, 2.05) is 64.4 Å². The average Bonchev–Trinajstić information content (AvgIpc) is 3.52. The number of carbonyl (C=O) groups excluding carboxylic acids is 2. The summed E-state index contributed by atoms with van der Waals surface area (Å²) in [4.78, 5) is 37.8. The molecule has 2 aliphatic rings. The number of hydrogen-bond donors (Lipinski definition) is 0. The molecule has 8 nitrogen and oxygen atoms in total. The van der Waals surface area contributed by atoms with Crippen molar-refractivity contribution < 1.29 is 9.59 Å². The lowest BCUT2D eigenvalue weighted by Crippen LogP contribution is -2.52. The highest BCUT2D eigenvalue weighted by Crippen LogP contribution is 2.32. The van der Waals surface area contributed by atoms with E-state index < -0.39 is 0 Å². The molecule has 0 N–H and O–H groups in total. The van der Waals surface area contributed by atoms with E-state index >= 15 is 0 Å². The number of aromatic nitrogens is 3. The largest absolute Gasteiger partial charge is 0.337 e. The summed E-state index contributed by atoms with van der Waals surface area (Å²) in [5.41, 5.74) is 4.04. The Labute approximate surface area is 229 Å². The van der Waals surface area contributed by atoms with Gasteiger partial charge in [-0.1, -0.05) is 24.6 Å². The number of rotatable bonds is 5. The van der Waals surface area contributed by atoms with Crippen LogP contribution in [-0.2, 0) is 36.1 Å². The summed E-state index contributed by atoms with van der Waals surface area (Å²) in [6.07, 6.45) is 9.19. The Morgan fingerprint density at radius 3 is 2.68 bits per heavy atom. The van der Waals surface area contributed by atoms with Crippen LogP contribution in [0.25, 0.3) is 0 Å². The van der Waals surface area contributed by atoms with E-state index in [0.29, 0.717) is 38.5 Å². The van der Waals surface area contributed by atoms with Gasteiger partial charge >= 0.3 is 0 Å². The molecule has 2 bridgehead atoms. The number of para-hydroxylation sites is 1. The lowest BCUT2D eigenvalue weighted by Gasteiger charge is -2.43. The molecule has 2 unspecified atom stereocenters. The van der Waals surface area contributed by atoms with Crippen molar-refractivity contribution in [2.24, 2.45) is 7.05 Å². The van der Waals surface area contributed by atoms with Crippen molar-refractivity contribution in [1.29, 1.82) is 0 Å². The van der Waals surface area contributed by atoms with Crippen LogP contribution in [0.15, 0.2) is 42.0 Å². The third-order valence-corrected chi connectivity index (χ3v) is 8.80. The van der Waals surface area contributed by atoms with E-state index in [4.69, 9.17) is 0 Å². The van der Waals surface area contributed by atoms with Gasteiger partial charge in [0.1, 0.15) is 5.01 Å². The van der Waals surface area contributed by atoms with Crippen molar-refractivity contribution in [2.45, 2.75) is 77.5 Å². The van der Waals surface area contributed by atoms with Crippen LogP contribution in [0.2, 0.25) is 0 Å². The van der Waals surface area contributed by atoms with Crippen molar-refractivity contribution in [3.63, 3.8) is 0 Å². The van der Waals surface area contributed by atoms with Crippen molar-refractivity contribution in [3.8, 4) is 0 Å². The highest BCUT2D eigenvalue weighted by atomic mass is 32.1. The highest BCUT2D eigenvalue weighted by Gasteiger charge is 2.35. The van der Waals surface area contributed by atoms with Crippen LogP contribution in [0, 0.1) is 6.92 Å². The fourth-order valence-electron chi connectivity index (χ4n) is 6.11. The standard InChI is InChI=1S/C29H38N6O2S/c1-21-23(17-32(3)31-21)11-12-29(37)33-18-24-7-4-5-10-27(24)34(22(2)36)15-13-25-8-6-9-26(19-33)35(25)20-28-30-14-16-38-28/h4-5,7,10,14,16-17,25-26H,6,8-9,11-13,15,18-20H2,1-3H3. The SMILES string of the molecule is CC(=O)N1CCC2CCCC(CN(C(=O)CCc3cn(C)nc3C)Cc3ccccc31)N2Cc1nccs1. The minimum Gasteiger partial charge on any atom is -0.337 e. The Morgan fingerprint density at radius 2 is 1.95 bits per heavy atom. The van der Waals surface area contributed by atoms with E-state index in [1.54, 1.807) is 18.3 Å². The number of aryl methyl sites for hydroxylation is 3. The molecule has 5 rings (SSSR count). The number of carbonyl (C=O) groups is 2. The molecular weight excluding hydrogens is 496 g/mol. The van der Waals surface area contributed by atoms with Gasteiger partial charge in [-0.2, -0.15) is 5.10 Å². The second-order valence-corrected chi connectivity index (χ2v) is 11.6. The summed E-state index contributed by atoms with van der Waals surface area (Å²) in [6.45, 7) is 6.28. The molecule has 4 heterocycles. The fraction of sp³-hybridized carbons (Fsp3) is 0.517. The van der Waals surface area contributed by atoms with Crippen molar-refractivity contribution in [1.82, 2.24) is 24.6 Å². The van der Waals surface area contributed by atoms with Gasteiger partial charge in [-0.05, 0) is 49.8 Å². The average molecular weight is 535 g/mol. The number of fused-ring (bicyclic) bond motifs is 3. The maximum absolute atomic E-state index is 13.8. The maximum atomic E-state index is 13.8. The lowest BCUT2D eigenvalue weighted by molar-refractivity contribution is -0.133. The smallest absolute Gasteiger partial charge is 0.223 e. The van der Waals surface area contributed by atoms with Gasteiger partial charge in [-0.3, -0.25) is 19.2 Å². The van der Waals surface area contributed by atoms with E-state index in [0.717, 1.165) is 59.7 Å². The topological polar surface area (TPSA) is 74.6 Å². The van der Waals surface area contributed by atoms with Crippen LogP contribution in [0.4, 0.5) is 5.69 Å². The third-order valence-electron chi connectivity index (χ3n) is 8.03. The molecule has 1 aromatic carbocycles. The molecule has 2 aromatic heterocycles. The van der Waals surface area contributed by atoms with Crippen molar-refractivity contribution >= 4 is 28.8 Å². The minimum atomic E-state index is 0.0421. The zero-order chi connectivity index (χ0) is 26.6. The van der Waals surface area contributed by atoms with E-state index in [1.165, 1.54) is 0 Å². The Balaban J connectivity index is 1.47. The van der Waals surface area contributed by atoms with Gasteiger partial charge < -0.3 is 9.80 Å². The van der Waals surface area contributed by atoms with Gasteiger partial charge in [0.15, 0.2) is 0 Å². The normalized spacial score (nSPS) is 20.6. The predicted molar refractivity (Wildman–Crippen MR) is 150 cm³/mol. The number of anilines is 1. The number of hydrogen-bond acceptors (Lipinski definition) is 6. The fourth-order valence-corrected chi connectivity index (χ4v) is 6.74. The van der Waals surface area contributed by atoms with Gasteiger partial charge in [0.05, 0.1) is 12.2 Å². The second kappa shape index (κ2) is 11.8. The quantitative estimate of drug-likeness (QED) is 0.487. The first-order valence-corrected chi connectivity index (χ1v) is 14.5. The molecule has 9 heteroatoms. The van der Waals surface area contributed by atoms with Gasteiger partial charge in [0.2, 0.25) is 11.8 Å². The molecule has 202 valence electrons. The van der Waals surface area contributed by atoms with Gasteiger partial charge in [-0.25, -0.2) is 4.98 Å². The van der Waals surface area contributed by atoms with Crippen LogP contribution in [-0.4, -0.2) is 61.6 Å². The van der Waals surface area contributed by atoms with Crippen LogP contribution < -0.4 is 4.90 Å². The Kier molecular flexibility index (Phi) is 8.24. The molecule has 0 aliphatic carbocycles. The van der Waals surface area contributed by atoms with Gasteiger partial charge in [0.25, 0.3) is 0 Å². The van der Waals surface area contributed by atoms with Crippen molar-refractivity contribution in [3.05, 3.63) is 63.9 Å². The second-order valence-electron chi connectivity index (χ2n) is 10.6. The summed E-state index contributed by atoms with van der Waals surface area (Å²) >= 11 is 1.69. The van der Waals surface area contributed by atoms with Crippen LogP contribution >= 0.6 is 11.3 Å². The summed E-state index contributed by atoms with van der Waals surface area (Å²) in [5, 5.41) is 7.58. The zero-order valence-electron chi connectivity index (χ0n) is 22.7. The maximum Gasteiger partial charge on any atom is 0.223 e. The van der Waals surface area contributed by atoms with E-state index in [9.17, 15) is 9.59 Å². The molecule has 0 radical (unpaired) electrons. The molecular formula is C29H38N6O2S. The van der Waals surface area contributed by atoms with Gasteiger partial charge in [-0.15, -0.1) is 11.3 Å². The third kappa shape index (κ3) is 5.99. The summed E-state index contributed by atoms with van der Waals surface area (Å²) in [5.74, 6) is 0.188. The van der Waals surface area contributed by atoms with Crippen LogP contribution in [0.1, 0.15) is 60.9 Å².